The van der Waals surface area contributed by atoms with Gasteiger partial charge in [0.25, 0.3) is 0 Å². The van der Waals surface area contributed by atoms with Gasteiger partial charge in [-0.25, -0.2) is 0 Å². The monoisotopic (exact) mass is 169 g/mol. The van der Waals surface area contributed by atoms with Gasteiger partial charge in [0, 0.05) is 5.41 Å². The molecule has 0 atom stereocenters. The Morgan fingerprint density at radius 3 is 2.08 bits per heavy atom. The average Bonchev–Trinajstić information content (AvgIpc) is 2.01. The molecule has 0 aromatic rings. The van der Waals surface area contributed by atoms with Crippen molar-refractivity contribution in [2.24, 2.45) is 10.6 Å². The van der Waals surface area contributed by atoms with Crippen LogP contribution in [-0.4, -0.2) is 16.7 Å². The fourth-order valence-electron chi connectivity index (χ4n) is 0.691. The van der Waals surface area contributed by atoms with E-state index in [0.29, 0.717) is 0 Å². The number of hydrogen-bond acceptors (Lipinski definition) is 3. The van der Waals surface area contributed by atoms with E-state index >= 15 is 0 Å². The van der Waals surface area contributed by atoms with Crippen LogP contribution in [0.2, 0.25) is 0 Å². The van der Waals surface area contributed by atoms with Crippen molar-refractivity contribution in [3.63, 3.8) is 0 Å². The van der Waals surface area contributed by atoms with E-state index in [9.17, 15) is 4.79 Å². The molecule has 0 amide bonds. The van der Waals surface area contributed by atoms with Crippen LogP contribution >= 0.6 is 0 Å². The summed E-state index contributed by atoms with van der Waals surface area (Å²) in [6.07, 6.45) is 0. The first-order chi connectivity index (χ1) is 5.34. The lowest BCUT2D eigenvalue weighted by atomic mass is 9.80. The largest absolute Gasteiger partial charge is 0.411 e. The number of rotatable bonds is 3. The minimum Gasteiger partial charge on any atom is -0.411 e. The molecule has 3 heteroatoms. The summed E-state index contributed by atoms with van der Waals surface area (Å²) in [7, 11) is 0. The van der Waals surface area contributed by atoms with Crippen LogP contribution in [0.25, 0.3) is 0 Å². The number of hydrogen-bond donors (Lipinski definition) is 1. The first-order valence-corrected chi connectivity index (χ1v) is 3.73. The number of carbonyl (C=O) groups excluding carboxylic acids is 1. The maximum absolute atomic E-state index is 11.5. The molecule has 0 aliphatic rings. The number of allylic oxidation sites excluding steroid dienone is 1. The van der Waals surface area contributed by atoms with Crippen molar-refractivity contribution in [1.29, 1.82) is 0 Å². The highest BCUT2D eigenvalue weighted by Gasteiger charge is 2.30. The molecular formula is C9H15NO2. The minimum absolute atomic E-state index is 0.114. The molecule has 0 fully saturated rings. The van der Waals surface area contributed by atoms with Crippen molar-refractivity contribution in [2.75, 3.05) is 0 Å². The summed E-state index contributed by atoms with van der Waals surface area (Å²) in [5.41, 5.74) is 0.231. The topological polar surface area (TPSA) is 49.7 Å². The molecule has 1 N–H and O–H groups in total. The Labute approximate surface area is 72.8 Å². The number of ketones is 1. The van der Waals surface area contributed by atoms with Gasteiger partial charge in [-0.15, -0.1) is 0 Å². The van der Waals surface area contributed by atoms with Crippen LogP contribution in [0, 0.1) is 5.41 Å². The maximum Gasteiger partial charge on any atom is 0.189 e. The fraction of sp³-hybridized carbons (Fsp3) is 0.556. The number of oxime groups is 1. The van der Waals surface area contributed by atoms with E-state index in [-0.39, 0.29) is 11.5 Å². The second-order valence-corrected chi connectivity index (χ2v) is 3.42. The highest BCUT2D eigenvalue weighted by Crippen LogP contribution is 2.25. The van der Waals surface area contributed by atoms with E-state index in [1.807, 2.05) is 0 Å². The summed E-state index contributed by atoms with van der Waals surface area (Å²) in [5.74, 6) is -0.197. The van der Waals surface area contributed by atoms with Gasteiger partial charge in [-0.05, 0) is 27.7 Å². The second kappa shape index (κ2) is 3.52. The highest BCUT2D eigenvalue weighted by molar-refractivity contribution is 6.41. The zero-order valence-electron chi connectivity index (χ0n) is 8.01. The van der Waals surface area contributed by atoms with E-state index in [4.69, 9.17) is 5.21 Å². The standard InChI is InChI=1S/C9H15NO2/c1-6(2)9(4,5)8(11)7(3)10-12/h12H,1H2,2-5H3/b10-7+. The molecule has 0 aliphatic heterocycles. The summed E-state index contributed by atoms with van der Waals surface area (Å²) in [4.78, 5) is 11.5. The normalized spacial score (nSPS) is 12.8. The molecule has 0 heterocycles. The van der Waals surface area contributed by atoms with Gasteiger partial charge >= 0.3 is 0 Å². The summed E-state index contributed by atoms with van der Waals surface area (Å²) in [6, 6.07) is 0. The van der Waals surface area contributed by atoms with Crippen molar-refractivity contribution in [1.82, 2.24) is 0 Å². The van der Waals surface area contributed by atoms with E-state index in [1.165, 1.54) is 6.92 Å². The fourth-order valence-corrected chi connectivity index (χ4v) is 0.691. The molecule has 0 aliphatic carbocycles. The lowest BCUT2D eigenvalue weighted by molar-refractivity contribution is -0.118. The van der Waals surface area contributed by atoms with Crippen LogP contribution in [0.4, 0.5) is 0 Å². The third-order valence-electron chi connectivity index (χ3n) is 2.11. The highest BCUT2D eigenvalue weighted by atomic mass is 16.4. The Kier molecular flexibility index (Phi) is 3.19. The quantitative estimate of drug-likeness (QED) is 0.304. The van der Waals surface area contributed by atoms with Gasteiger partial charge in [0.15, 0.2) is 5.78 Å². The first kappa shape index (κ1) is 10.9. The molecule has 3 nitrogen and oxygen atoms in total. The molecule has 0 aromatic carbocycles. The van der Waals surface area contributed by atoms with Gasteiger partial charge in [0.05, 0.1) is 0 Å². The van der Waals surface area contributed by atoms with Gasteiger partial charge < -0.3 is 5.21 Å². The van der Waals surface area contributed by atoms with Crippen molar-refractivity contribution < 1.29 is 10.0 Å². The smallest absolute Gasteiger partial charge is 0.189 e. The van der Waals surface area contributed by atoms with Gasteiger partial charge in [0.2, 0.25) is 0 Å². The van der Waals surface area contributed by atoms with Crippen LogP contribution in [0.3, 0.4) is 0 Å². The summed E-state index contributed by atoms with van der Waals surface area (Å²) >= 11 is 0. The maximum atomic E-state index is 11.5. The minimum atomic E-state index is -0.643. The lowest BCUT2D eigenvalue weighted by Gasteiger charge is -2.22. The predicted molar refractivity (Wildman–Crippen MR) is 48.5 cm³/mol. The van der Waals surface area contributed by atoms with Crippen molar-refractivity contribution >= 4 is 11.5 Å². The second-order valence-electron chi connectivity index (χ2n) is 3.42. The van der Waals surface area contributed by atoms with Crippen LogP contribution in [0.15, 0.2) is 17.3 Å². The Hall–Kier alpha value is -1.12. The molecule has 0 bridgehead atoms. The molecule has 0 unspecified atom stereocenters. The molecule has 0 rings (SSSR count). The van der Waals surface area contributed by atoms with Crippen LogP contribution in [0.1, 0.15) is 27.7 Å². The SMILES string of the molecule is C=C(C)C(C)(C)C(=O)/C(C)=N/O. The molecule has 68 valence electrons. The lowest BCUT2D eigenvalue weighted by Crippen LogP contribution is -2.30. The van der Waals surface area contributed by atoms with Crippen LogP contribution in [-0.2, 0) is 4.79 Å². The van der Waals surface area contributed by atoms with E-state index in [0.717, 1.165) is 5.57 Å². The number of nitrogens with zero attached hydrogens (tertiary/aromatic N) is 1. The predicted octanol–water partition coefficient (Wildman–Crippen LogP) is 2.01. The molecular weight excluding hydrogens is 154 g/mol. The van der Waals surface area contributed by atoms with Gasteiger partial charge in [0.1, 0.15) is 5.71 Å². The molecule has 0 spiro atoms. The van der Waals surface area contributed by atoms with Crippen molar-refractivity contribution in [3.05, 3.63) is 12.2 Å². The molecule has 12 heavy (non-hydrogen) atoms. The molecule has 0 aromatic heterocycles. The van der Waals surface area contributed by atoms with Gasteiger partial charge in [-0.1, -0.05) is 17.3 Å². The zero-order valence-corrected chi connectivity index (χ0v) is 8.01. The molecule has 0 saturated carbocycles. The Bertz CT molecular complexity index is 239. The number of carbonyl (C=O) groups is 1. The molecule has 0 saturated heterocycles. The van der Waals surface area contributed by atoms with Crippen molar-refractivity contribution in [2.45, 2.75) is 27.7 Å². The third-order valence-corrected chi connectivity index (χ3v) is 2.11. The van der Waals surface area contributed by atoms with Crippen LogP contribution in [0.5, 0.6) is 0 Å². The van der Waals surface area contributed by atoms with Crippen LogP contribution < -0.4 is 0 Å². The summed E-state index contributed by atoms with van der Waals surface area (Å²) < 4.78 is 0. The van der Waals surface area contributed by atoms with Gasteiger partial charge in [-0.2, -0.15) is 0 Å². The Morgan fingerprint density at radius 1 is 1.42 bits per heavy atom. The zero-order chi connectivity index (χ0) is 9.94. The average molecular weight is 169 g/mol. The van der Waals surface area contributed by atoms with E-state index < -0.39 is 5.41 Å². The van der Waals surface area contributed by atoms with Gasteiger partial charge in [-0.3, -0.25) is 4.79 Å². The molecule has 0 radical (unpaired) electrons. The first-order valence-electron chi connectivity index (χ1n) is 3.73. The summed E-state index contributed by atoms with van der Waals surface area (Å²) in [5, 5.41) is 11.3. The van der Waals surface area contributed by atoms with E-state index in [1.54, 1.807) is 20.8 Å². The summed E-state index contributed by atoms with van der Waals surface area (Å²) in [6.45, 7) is 10.5. The van der Waals surface area contributed by atoms with E-state index in [2.05, 4.69) is 11.7 Å². The van der Waals surface area contributed by atoms with Crippen molar-refractivity contribution in [3.8, 4) is 0 Å². The Morgan fingerprint density at radius 2 is 1.83 bits per heavy atom. The third kappa shape index (κ3) is 1.94. The Balaban J connectivity index is 4.82. The number of Topliss-reactive ketones (excluding diaryl/α,β-unsaturated/α-hetero) is 1.